The van der Waals surface area contributed by atoms with Gasteiger partial charge in [-0.2, -0.15) is 0 Å². The first-order chi connectivity index (χ1) is 8.56. The Morgan fingerprint density at radius 2 is 2.17 bits per heavy atom. The molecule has 1 rings (SSSR count). The third kappa shape index (κ3) is 4.27. The first-order valence-electron chi connectivity index (χ1n) is 6.49. The normalized spacial score (nSPS) is 20.0. The van der Waals surface area contributed by atoms with Gasteiger partial charge in [0.1, 0.15) is 6.04 Å². The molecule has 0 radical (unpaired) electrons. The van der Waals surface area contributed by atoms with E-state index in [1.807, 2.05) is 25.9 Å². The summed E-state index contributed by atoms with van der Waals surface area (Å²) in [6.07, 6.45) is 0.461. The van der Waals surface area contributed by atoms with E-state index in [2.05, 4.69) is 10.6 Å². The fourth-order valence-electron chi connectivity index (χ4n) is 1.99. The van der Waals surface area contributed by atoms with Gasteiger partial charge >= 0.3 is 0 Å². The average Bonchev–Trinajstić information content (AvgIpc) is 2.36. The fraction of sp³-hybridized carbons (Fsp3) is 0.833. The van der Waals surface area contributed by atoms with Crippen LogP contribution in [0.3, 0.4) is 0 Å². The molecule has 0 aromatic carbocycles. The van der Waals surface area contributed by atoms with Gasteiger partial charge in [0.05, 0.1) is 0 Å². The van der Waals surface area contributed by atoms with E-state index in [0.29, 0.717) is 32.6 Å². The molecule has 1 unspecified atom stereocenters. The highest BCUT2D eigenvalue weighted by molar-refractivity contribution is 5.88. The highest BCUT2D eigenvalue weighted by Crippen LogP contribution is 2.06. The number of nitrogens with one attached hydrogen (secondary N) is 2. The molecule has 0 aromatic rings. The standard InChI is InChI=1S/C12H24N4O2/c1-4-14-12(18)10-9-13-6-8-16(10)11(17)5-7-15(2)3/h10,13H,4-9H2,1-3H3,(H,14,18). The van der Waals surface area contributed by atoms with Crippen molar-refractivity contribution in [3.05, 3.63) is 0 Å². The summed E-state index contributed by atoms with van der Waals surface area (Å²) < 4.78 is 0. The lowest BCUT2D eigenvalue weighted by atomic mass is 10.1. The summed E-state index contributed by atoms with van der Waals surface area (Å²) in [4.78, 5) is 27.7. The Bertz CT molecular complexity index is 294. The highest BCUT2D eigenvalue weighted by atomic mass is 16.2. The molecule has 1 aliphatic rings. The number of nitrogens with zero attached hydrogens (tertiary/aromatic N) is 2. The average molecular weight is 256 g/mol. The highest BCUT2D eigenvalue weighted by Gasteiger charge is 2.31. The van der Waals surface area contributed by atoms with E-state index in [-0.39, 0.29) is 17.9 Å². The van der Waals surface area contributed by atoms with Crippen LogP contribution in [0.2, 0.25) is 0 Å². The summed E-state index contributed by atoms with van der Waals surface area (Å²) >= 11 is 0. The Labute approximate surface area is 109 Å². The summed E-state index contributed by atoms with van der Waals surface area (Å²) in [5.74, 6) is -0.00986. The Morgan fingerprint density at radius 3 is 2.78 bits per heavy atom. The van der Waals surface area contributed by atoms with Crippen molar-refractivity contribution < 1.29 is 9.59 Å². The van der Waals surface area contributed by atoms with Crippen molar-refractivity contribution in [3.8, 4) is 0 Å². The summed E-state index contributed by atoms with van der Waals surface area (Å²) in [6, 6.07) is -0.367. The largest absolute Gasteiger partial charge is 0.355 e. The van der Waals surface area contributed by atoms with Crippen molar-refractivity contribution in [2.45, 2.75) is 19.4 Å². The zero-order valence-electron chi connectivity index (χ0n) is 11.5. The molecule has 1 aliphatic heterocycles. The Morgan fingerprint density at radius 1 is 1.44 bits per heavy atom. The number of hydrogen-bond acceptors (Lipinski definition) is 4. The Kier molecular flexibility index (Phi) is 6.07. The molecular weight excluding hydrogens is 232 g/mol. The lowest BCUT2D eigenvalue weighted by Crippen LogP contribution is -2.59. The van der Waals surface area contributed by atoms with Crippen LogP contribution in [0.25, 0.3) is 0 Å². The van der Waals surface area contributed by atoms with Crippen LogP contribution in [0.15, 0.2) is 0 Å². The molecule has 0 aliphatic carbocycles. The lowest BCUT2D eigenvalue weighted by Gasteiger charge is -2.35. The van der Waals surface area contributed by atoms with Crippen LogP contribution in [0.5, 0.6) is 0 Å². The molecule has 1 heterocycles. The van der Waals surface area contributed by atoms with Crippen LogP contribution in [0.1, 0.15) is 13.3 Å². The van der Waals surface area contributed by atoms with Crippen LogP contribution >= 0.6 is 0 Å². The van der Waals surface area contributed by atoms with E-state index < -0.39 is 0 Å². The number of hydrogen-bond donors (Lipinski definition) is 2. The number of piperazine rings is 1. The van der Waals surface area contributed by atoms with Crippen molar-refractivity contribution in [3.63, 3.8) is 0 Å². The molecule has 0 saturated carbocycles. The van der Waals surface area contributed by atoms with Gasteiger partial charge in [-0.05, 0) is 21.0 Å². The second-order valence-corrected chi connectivity index (χ2v) is 4.75. The van der Waals surface area contributed by atoms with Gasteiger partial charge in [0.2, 0.25) is 11.8 Å². The fourth-order valence-corrected chi connectivity index (χ4v) is 1.99. The molecule has 1 saturated heterocycles. The molecule has 18 heavy (non-hydrogen) atoms. The van der Waals surface area contributed by atoms with Crippen LogP contribution in [-0.4, -0.2) is 74.5 Å². The minimum absolute atomic E-state index is 0.0569. The number of likely N-dealkylation sites (N-methyl/N-ethyl adjacent to an activating group) is 1. The topological polar surface area (TPSA) is 64.7 Å². The van der Waals surface area contributed by atoms with E-state index >= 15 is 0 Å². The van der Waals surface area contributed by atoms with Crippen molar-refractivity contribution in [1.29, 1.82) is 0 Å². The molecule has 6 heteroatoms. The molecule has 1 fully saturated rings. The summed E-state index contributed by atoms with van der Waals surface area (Å²) in [7, 11) is 3.87. The van der Waals surface area contributed by atoms with Gasteiger partial charge in [-0.3, -0.25) is 9.59 Å². The van der Waals surface area contributed by atoms with Crippen LogP contribution in [0, 0.1) is 0 Å². The van der Waals surface area contributed by atoms with Crippen molar-refractivity contribution in [2.24, 2.45) is 0 Å². The van der Waals surface area contributed by atoms with E-state index in [0.717, 1.165) is 6.54 Å². The molecule has 1 atom stereocenters. The maximum atomic E-state index is 12.1. The molecule has 0 aromatic heterocycles. The Balaban J connectivity index is 2.58. The zero-order chi connectivity index (χ0) is 13.5. The zero-order valence-corrected chi connectivity index (χ0v) is 11.5. The van der Waals surface area contributed by atoms with Gasteiger partial charge in [0.15, 0.2) is 0 Å². The van der Waals surface area contributed by atoms with Crippen LogP contribution < -0.4 is 10.6 Å². The molecule has 6 nitrogen and oxygen atoms in total. The van der Waals surface area contributed by atoms with Gasteiger partial charge < -0.3 is 20.4 Å². The maximum Gasteiger partial charge on any atom is 0.244 e. The van der Waals surface area contributed by atoms with Crippen molar-refractivity contribution >= 4 is 11.8 Å². The first-order valence-corrected chi connectivity index (χ1v) is 6.49. The summed E-state index contributed by atoms with van der Waals surface area (Å²) in [5, 5.41) is 5.94. The number of carbonyl (C=O) groups excluding carboxylic acids is 2. The molecular formula is C12H24N4O2. The quantitative estimate of drug-likeness (QED) is 0.654. The predicted molar refractivity (Wildman–Crippen MR) is 70.2 cm³/mol. The second-order valence-electron chi connectivity index (χ2n) is 4.75. The molecule has 0 bridgehead atoms. The lowest BCUT2D eigenvalue weighted by molar-refractivity contribution is -0.141. The van der Waals surface area contributed by atoms with E-state index in [1.165, 1.54) is 0 Å². The van der Waals surface area contributed by atoms with E-state index in [9.17, 15) is 9.59 Å². The van der Waals surface area contributed by atoms with Crippen molar-refractivity contribution in [2.75, 3.05) is 46.8 Å². The third-order valence-corrected chi connectivity index (χ3v) is 2.99. The maximum absolute atomic E-state index is 12.1. The van der Waals surface area contributed by atoms with Gasteiger partial charge in [-0.15, -0.1) is 0 Å². The molecule has 2 N–H and O–H groups in total. The van der Waals surface area contributed by atoms with Gasteiger partial charge in [0.25, 0.3) is 0 Å². The van der Waals surface area contributed by atoms with Gasteiger partial charge in [-0.25, -0.2) is 0 Å². The minimum atomic E-state index is -0.367. The van der Waals surface area contributed by atoms with E-state index in [1.54, 1.807) is 4.90 Å². The Hall–Kier alpha value is -1.14. The number of rotatable bonds is 5. The predicted octanol–water partition coefficient (Wildman–Crippen LogP) is -1.13. The molecule has 2 amide bonds. The number of carbonyl (C=O) groups is 2. The van der Waals surface area contributed by atoms with Gasteiger partial charge in [0, 0.05) is 39.1 Å². The SMILES string of the molecule is CCNC(=O)C1CNCCN1C(=O)CCN(C)C. The smallest absolute Gasteiger partial charge is 0.244 e. The first kappa shape index (κ1) is 14.9. The number of amides is 2. The molecule has 104 valence electrons. The van der Waals surface area contributed by atoms with Gasteiger partial charge in [-0.1, -0.05) is 0 Å². The summed E-state index contributed by atoms with van der Waals surface area (Å²) in [6.45, 7) is 5.09. The second kappa shape index (κ2) is 7.33. The van der Waals surface area contributed by atoms with E-state index in [4.69, 9.17) is 0 Å². The third-order valence-electron chi connectivity index (χ3n) is 2.99. The molecule has 0 spiro atoms. The monoisotopic (exact) mass is 256 g/mol. The summed E-state index contributed by atoms with van der Waals surface area (Å²) in [5.41, 5.74) is 0. The van der Waals surface area contributed by atoms with Crippen molar-refractivity contribution in [1.82, 2.24) is 20.4 Å². The van der Waals surface area contributed by atoms with Crippen LogP contribution in [-0.2, 0) is 9.59 Å². The van der Waals surface area contributed by atoms with Crippen LogP contribution in [0.4, 0.5) is 0 Å². The minimum Gasteiger partial charge on any atom is -0.355 e.